The molecule has 104 valence electrons. The molecule has 3 rings (SSSR count). The van der Waals surface area contributed by atoms with Gasteiger partial charge in [-0.25, -0.2) is 4.68 Å². The Hall–Kier alpha value is -2.21. The first-order valence-electron chi connectivity index (χ1n) is 6.62. The van der Waals surface area contributed by atoms with E-state index in [4.69, 9.17) is 4.74 Å². The first-order valence-corrected chi connectivity index (χ1v) is 6.62. The quantitative estimate of drug-likeness (QED) is 0.822. The normalized spacial score (nSPS) is 19.1. The molecule has 1 saturated heterocycles. The van der Waals surface area contributed by atoms with Crippen LogP contribution in [0.2, 0.25) is 0 Å². The van der Waals surface area contributed by atoms with Crippen molar-refractivity contribution >= 4 is 5.91 Å². The minimum absolute atomic E-state index is 0.0677. The Balaban J connectivity index is 1.81. The smallest absolute Gasteiger partial charge is 0.276 e. The van der Waals surface area contributed by atoms with Crippen LogP contribution in [0.25, 0.3) is 5.69 Å². The molecule has 0 radical (unpaired) electrons. The molecular formula is C14H16N4O2. The molecule has 2 heterocycles. The number of morpholine rings is 1. The molecule has 1 atom stereocenters. The van der Waals surface area contributed by atoms with E-state index < -0.39 is 0 Å². The van der Waals surface area contributed by atoms with Crippen molar-refractivity contribution < 1.29 is 9.53 Å². The number of benzene rings is 1. The predicted molar refractivity (Wildman–Crippen MR) is 72.7 cm³/mol. The van der Waals surface area contributed by atoms with Crippen LogP contribution in [0.5, 0.6) is 0 Å². The summed E-state index contributed by atoms with van der Waals surface area (Å²) in [6, 6.07) is 9.67. The molecule has 20 heavy (non-hydrogen) atoms. The van der Waals surface area contributed by atoms with Crippen LogP contribution in [0.4, 0.5) is 0 Å². The fraction of sp³-hybridized carbons (Fsp3) is 0.357. The van der Waals surface area contributed by atoms with Gasteiger partial charge in [0, 0.05) is 6.54 Å². The van der Waals surface area contributed by atoms with Gasteiger partial charge in [0.2, 0.25) is 0 Å². The van der Waals surface area contributed by atoms with E-state index in [-0.39, 0.29) is 11.9 Å². The minimum Gasteiger partial charge on any atom is -0.377 e. The van der Waals surface area contributed by atoms with Gasteiger partial charge in [-0.1, -0.05) is 23.4 Å². The molecule has 0 spiro atoms. The molecule has 2 aromatic rings. The van der Waals surface area contributed by atoms with Crippen molar-refractivity contribution in [2.24, 2.45) is 0 Å². The van der Waals surface area contributed by atoms with Crippen LogP contribution in [-0.4, -0.2) is 51.6 Å². The Morgan fingerprint density at radius 3 is 2.90 bits per heavy atom. The summed E-state index contributed by atoms with van der Waals surface area (Å²) in [6.07, 6.45) is 1.67. The molecule has 6 nitrogen and oxygen atoms in total. The second-order valence-electron chi connectivity index (χ2n) is 4.81. The molecule has 1 aliphatic heterocycles. The van der Waals surface area contributed by atoms with E-state index in [9.17, 15) is 4.79 Å². The van der Waals surface area contributed by atoms with E-state index in [0.717, 1.165) is 5.69 Å². The standard InChI is InChI=1S/C14H16N4O2/c1-11-10-20-8-7-17(11)14(19)13-9-18(16-15-13)12-5-3-2-4-6-12/h2-6,9,11H,7-8,10H2,1H3. The van der Waals surface area contributed by atoms with Crippen molar-refractivity contribution in [1.29, 1.82) is 0 Å². The Kier molecular flexibility index (Phi) is 3.47. The Morgan fingerprint density at radius 2 is 2.15 bits per heavy atom. The number of amides is 1. The van der Waals surface area contributed by atoms with E-state index in [1.807, 2.05) is 37.3 Å². The maximum Gasteiger partial charge on any atom is 0.276 e. The molecular weight excluding hydrogens is 256 g/mol. The van der Waals surface area contributed by atoms with Crippen LogP contribution >= 0.6 is 0 Å². The highest BCUT2D eigenvalue weighted by molar-refractivity contribution is 5.92. The Labute approximate surface area is 117 Å². The average Bonchev–Trinajstić information content (AvgIpc) is 2.98. The molecule has 6 heteroatoms. The third-order valence-electron chi connectivity index (χ3n) is 3.36. The van der Waals surface area contributed by atoms with Gasteiger partial charge >= 0.3 is 0 Å². The van der Waals surface area contributed by atoms with Crippen LogP contribution in [0.3, 0.4) is 0 Å². The summed E-state index contributed by atoms with van der Waals surface area (Å²) in [4.78, 5) is 14.2. The monoisotopic (exact) mass is 272 g/mol. The molecule has 1 aliphatic rings. The van der Waals surface area contributed by atoms with E-state index in [0.29, 0.717) is 25.5 Å². The number of ether oxygens (including phenoxy) is 1. The molecule has 1 amide bonds. The highest BCUT2D eigenvalue weighted by atomic mass is 16.5. The molecule has 1 fully saturated rings. The van der Waals surface area contributed by atoms with Crippen LogP contribution < -0.4 is 0 Å². The predicted octanol–water partition coefficient (Wildman–Crippen LogP) is 1.13. The van der Waals surface area contributed by atoms with Gasteiger partial charge in [-0.15, -0.1) is 5.10 Å². The molecule has 1 unspecified atom stereocenters. The Morgan fingerprint density at radius 1 is 1.35 bits per heavy atom. The number of carbonyl (C=O) groups excluding carboxylic acids is 1. The third-order valence-corrected chi connectivity index (χ3v) is 3.36. The summed E-state index contributed by atoms with van der Waals surface area (Å²) in [5.41, 5.74) is 1.25. The van der Waals surface area contributed by atoms with Gasteiger partial charge in [0.25, 0.3) is 5.91 Å². The number of aromatic nitrogens is 3. The lowest BCUT2D eigenvalue weighted by molar-refractivity contribution is 0.00326. The van der Waals surface area contributed by atoms with Crippen molar-refractivity contribution in [2.75, 3.05) is 19.8 Å². The number of rotatable bonds is 2. The lowest BCUT2D eigenvalue weighted by Gasteiger charge is -2.32. The SMILES string of the molecule is CC1COCCN1C(=O)c1cn(-c2ccccc2)nn1. The van der Waals surface area contributed by atoms with E-state index in [1.54, 1.807) is 15.8 Å². The second kappa shape index (κ2) is 5.42. The zero-order valence-electron chi connectivity index (χ0n) is 11.3. The topological polar surface area (TPSA) is 60.2 Å². The van der Waals surface area contributed by atoms with Crippen molar-refractivity contribution in [1.82, 2.24) is 19.9 Å². The van der Waals surface area contributed by atoms with E-state index in [2.05, 4.69) is 10.3 Å². The summed E-state index contributed by atoms with van der Waals surface area (Å²) in [6.45, 7) is 3.71. The first-order chi connectivity index (χ1) is 9.75. The van der Waals surface area contributed by atoms with Crippen LogP contribution in [0.15, 0.2) is 36.5 Å². The third kappa shape index (κ3) is 2.42. The van der Waals surface area contributed by atoms with Crippen LogP contribution in [-0.2, 0) is 4.74 Å². The summed E-state index contributed by atoms with van der Waals surface area (Å²) in [7, 11) is 0. The lowest BCUT2D eigenvalue weighted by atomic mass is 10.2. The second-order valence-corrected chi connectivity index (χ2v) is 4.81. The van der Waals surface area contributed by atoms with Gasteiger partial charge < -0.3 is 9.64 Å². The van der Waals surface area contributed by atoms with Crippen LogP contribution in [0, 0.1) is 0 Å². The largest absolute Gasteiger partial charge is 0.377 e. The van der Waals surface area contributed by atoms with Gasteiger partial charge in [-0.2, -0.15) is 0 Å². The molecule has 0 N–H and O–H groups in total. The fourth-order valence-electron chi connectivity index (χ4n) is 2.24. The summed E-state index contributed by atoms with van der Waals surface area (Å²) in [5, 5.41) is 8.00. The van der Waals surface area contributed by atoms with Gasteiger partial charge in [-0.05, 0) is 19.1 Å². The summed E-state index contributed by atoms with van der Waals surface area (Å²) in [5.74, 6) is -0.0945. The highest BCUT2D eigenvalue weighted by Crippen LogP contribution is 2.12. The van der Waals surface area contributed by atoms with Gasteiger partial charge in [-0.3, -0.25) is 4.79 Å². The van der Waals surface area contributed by atoms with Crippen molar-refractivity contribution in [3.63, 3.8) is 0 Å². The van der Waals surface area contributed by atoms with Gasteiger partial charge in [0.1, 0.15) is 0 Å². The molecule has 0 bridgehead atoms. The minimum atomic E-state index is -0.0945. The van der Waals surface area contributed by atoms with Crippen molar-refractivity contribution in [2.45, 2.75) is 13.0 Å². The van der Waals surface area contributed by atoms with E-state index in [1.165, 1.54) is 0 Å². The molecule has 1 aromatic heterocycles. The molecule has 0 aliphatic carbocycles. The zero-order chi connectivity index (χ0) is 13.9. The van der Waals surface area contributed by atoms with Gasteiger partial charge in [0.05, 0.1) is 31.1 Å². The number of carbonyl (C=O) groups is 1. The highest BCUT2D eigenvalue weighted by Gasteiger charge is 2.26. The van der Waals surface area contributed by atoms with E-state index >= 15 is 0 Å². The Bertz CT molecular complexity index is 596. The number of para-hydroxylation sites is 1. The maximum absolute atomic E-state index is 12.4. The average molecular weight is 272 g/mol. The number of nitrogens with zero attached hydrogens (tertiary/aromatic N) is 4. The molecule has 1 aromatic carbocycles. The van der Waals surface area contributed by atoms with Crippen molar-refractivity contribution in [3.05, 3.63) is 42.2 Å². The number of hydrogen-bond donors (Lipinski definition) is 0. The van der Waals surface area contributed by atoms with Crippen molar-refractivity contribution in [3.8, 4) is 5.69 Å². The molecule has 0 saturated carbocycles. The maximum atomic E-state index is 12.4. The summed E-state index contributed by atoms with van der Waals surface area (Å²) < 4.78 is 6.95. The van der Waals surface area contributed by atoms with Gasteiger partial charge in [0.15, 0.2) is 5.69 Å². The van der Waals surface area contributed by atoms with Crippen LogP contribution in [0.1, 0.15) is 17.4 Å². The summed E-state index contributed by atoms with van der Waals surface area (Å²) >= 11 is 0. The number of hydrogen-bond acceptors (Lipinski definition) is 4. The fourth-order valence-corrected chi connectivity index (χ4v) is 2.24. The lowest BCUT2D eigenvalue weighted by Crippen LogP contribution is -2.47. The zero-order valence-corrected chi connectivity index (χ0v) is 11.3. The first kappa shape index (κ1) is 12.8.